The van der Waals surface area contributed by atoms with Crippen molar-refractivity contribution in [2.75, 3.05) is 14.2 Å². The summed E-state index contributed by atoms with van der Waals surface area (Å²) in [6.07, 6.45) is 4.07. The van der Waals surface area contributed by atoms with Crippen LogP contribution in [0, 0.1) is 11.3 Å². The molecule has 3 nitrogen and oxygen atoms in total. The van der Waals surface area contributed by atoms with E-state index in [0.29, 0.717) is 23.5 Å². The number of ether oxygens (including phenoxy) is 2. The number of nitriles is 1. The molecule has 0 atom stereocenters. The predicted molar refractivity (Wildman–Crippen MR) is 68.0 cm³/mol. The summed E-state index contributed by atoms with van der Waals surface area (Å²) in [6, 6.07) is 7.66. The first-order valence-corrected chi connectivity index (χ1v) is 5.18. The summed E-state index contributed by atoms with van der Waals surface area (Å²) in [5.74, 6) is 1.32. The van der Waals surface area contributed by atoms with Gasteiger partial charge in [-0.2, -0.15) is 5.26 Å². The van der Waals surface area contributed by atoms with Crippen LogP contribution >= 0.6 is 0 Å². The summed E-state index contributed by atoms with van der Waals surface area (Å²) >= 11 is 0. The Hall–Kier alpha value is -2.21. The zero-order valence-corrected chi connectivity index (χ0v) is 10.1. The average molecular weight is 229 g/mol. The minimum atomic E-state index is 0.560. The maximum atomic E-state index is 8.92. The summed E-state index contributed by atoms with van der Waals surface area (Å²) in [7, 11) is 3.17. The Bertz CT molecular complexity index is 470. The molecule has 0 spiro atoms. The molecule has 0 N–H and O–H groups in total. The second-order valence-electron chi connectivity index (χ2n) is 3.39. The fraction of sp³-hybridized carbons (Fsp3) is 0.214. The third kappa shape index (κ3) is 3.39. The number of methoxy groups -OCH3 is 2. The van der Waals surface area contributed by atoms with Gasteiger partial charge >= 0.3 is 0 Å². The highest BCUT2D eigenvalue weighted by Gasteiger charge is 2.03. The molecule has 3 heteroatoms. The highest BCUT2D eigenvalue weighted by atomic mass is 16.5. The van der Waals surface area contributed by atoms with Gasteiger partial charge in [-0.25, -0.2) is 0 Å². The van der Waals surface area contributed by atoms with E-state index in [1.165, 1.54) is 0 Å². The van der Waals surface area contributed by atoms with Gasteiger partial charge in [0.05, 0.1) is 20.3 Å². The van der Waals surface area contributed by atoms with Gasteiger partial charge in [0, 0.05) is 12.0 Å². The van der Waals surface area contributed by atoms with Crippen LogP contribution in [-0.4, -0.2) is 14.2 Å². The number of hydrogen-bond acceptors (Lipinski definition) is 3. The average Bonchev–Trinajstić information content (AvgIpc) is 2.38. The molecule has 88 valence electrons. The van der Waals surface area contributed by atoms with Crippen molar-refractivity contribution in [3.05, 3.63) is 42.0 Å². The van der Waals surface area contributed by atoms with Crippen molar-refractivity contribution in [3.8, 4) is 17.6 Å². The molecule has 0 aromatic heterocycles. The van der Waals surface area contributed by atoms with E-state index >= 15 is 0 Å². The first-order valence-electron chi connectivity index (χ1n) is 5.18. The summed E-state index contributed by atoms with van der Waals surface area (Å²) in [4.78, 5) is 0. The first kappa shape index (κ1) is 12.9. The third-order valence-corrected chi connectivity index (χ3v) is 2.26. The SMILES string of the molecule is C=CC/C(C#N)=C/c1ccc(OC)c(OC)c1. The van der Waals surface area contributed by atoms with Crippen LogP contribution in [0.3, 0.4) is 0 Å². The fourth-order valence-corrected chi connectivity index (χ4v) is 1.44. The van der Waals surface area contributed by atoms with Crippen LogP contribution in [0.15, 0.2) is 36.4 Å². The summed E-state index contributed by atoms with van der Waals surface area (Å²) in [5, 5.41) is 8.92. The van der Waals surface area contributed by atoms with Crippen molar-refractivity contribution in [1.82, 2.24) is 0 Å². The lowest BCUT2D eigenvalue weighted by Gasteiger charge is -2.07. The molecule has 0 aliphatic rings. The van der Waals surface area contributed by atoms with Crippen molar-refractivity contribution in [2.24, 2.45) is 0 Å². The maximum absolute atomic E-state index is 8.92. The second-order valence-corrected chi connectivity index (χ2v) is 3.39. The van der Waals surface area contributed by atoms with Crippen LogP contribution in [0.4, 0.5) is 0 Å². The molecule has 0 saturated carbocycles. The molecule has 1 aromatic carbocycles. The van der Waals surface area contributed by atoms with Gasteiger partial charge in [0.2, 0.25) is 0 Å². The van der Waals surface area contributed by atoms with E-state index in [1.54, 1.807) is 20.3 Å². The van der Waals surface area contributed by atoms with Crippen molar-refractivity contribution in [2.45, 2.75) is 6.42 Å². The smallest absolute Gasteiger partial charge is 0.161 e. The second kappa shape index (κ2) is 6.39. The van der Waals surface area contributed by atoms with Gasteiger partial charge < -0.3 is 9.47 Å². The number of rotatable bonds is 5. The van der Waals surface area contributed by atoms with E-state index in [2.05, 4.69) is 12.6 Å². The van der Waals surface area contributed by atoms with Crippen LogP contribution in [0.25, 0.3) is 6.08 Å². The van der Waals surface area contributed by atoms with Gasteiger partial charge in [0.1, 0.15) is 0 Å². The van der Waals surface area contributed by atoms with Crippen LogP contribution in [0.5, 0.6) is 11.5 Å². The Morgan fingerprint density at radius 1 is 1.35 bits per heavy atom. The van der Waals surface area contributed by atoms with E-state index in [4.69, 9.17) is 14.7 Å². The van der Waals surface area contributed by atoms with Crippen molar-refractivity contribution in [1.29, 1.82) is 5.26 Å². The molecule has 1 aromatic rings. The Morgan fingerprint density at radius 3 is 2.59 bits per heavy atom. The predicted octanol–water partition coefficient (Wildman–Crippen LogP) is 3.19. The monoisotopic (exact) mass is 229 g/mol. The molecule has 0 heterocycles. The molecule has 0 aliphatic heterocycles. The molecule has 0 unspecified atom stereocenters. The molecule has 0 bridgehead atoms. The largest absolute Gasteiger partial charge is 0.493 e. The highest BCUT2D eigenvalue weighted by molar-refractivity contribution is 5.61. The van der Waals surface area contributed by atoms with E-state index < -0.39 is 0 Å². The summed E-state index contributed by atoms with van der Waals surface area (Å²) < 4.78 is 10.3. The van der Waals surface area contributed by atoms with Crippen LogP contribution < -0.4 is 9.47 Å². The number of benzene rings is 1. The first-order chi connectivity index (χ1) is 8.24. The summed E-state index contributed by atoms with van der Waals surface area (Å²) in [5.41, 5.74) is 1.56. The van der Waals surface area contributed by atoms with Gasteiger partial charge in [-0.05, 0) is 23.8 Å². The normalized spacial score (nSPS) is 10.5. The Balaban J connectivity index is 3.08. The highest BCUT2D eigenvalue weighted by Crippen LogP contribution is 2.28. The minimum Gasteiger partial charge on any atom is -0.493 e. The Labute approximate surface area is 102 Å². The van der Waals surface area contributed by atoms with E-state index in [1.807, 2.05) is 24.3 Å². The van der Waals surface area contributed by atoms with Gasteiger partial charge in [0.25, 0.3) is 0 Å². The lowest BCUT2D eigenvalue weighted by Crippen LogP contribution is -1.90. The van der Waals surface area contributed by atoms with E-state index in [9.17, 15) is 0 Å². The van der Waals surface area contributed by atoms with Gasteiger partial charge in [-0.3, -0.25) is 0 Å². The topological polar surface area (TPSA) is 42.2 Å². The quantitative estimate of drug-likeness (QED) is 0.575. The van der Waals surface area contributed by atoms with Gasteiger partial charge in [-0.1, -0.05) is 12.1 Å². The van der Waals surface area contributed by atoms with E-state index in [0.717, 1.165) is 5.56 Å². The molecule has 17 heavy (non-hydrogen) atoms. The lowest BCUT2D eigenvalue weighted by molar-refractivity contribution is 0.355. The maximum Gasteiger partial charge on any atom is 0.161 e. The Kier molecular flexibility index (Phi) is 4.83. The van der Waals surface area contributed by atoms with Crippen molar-refractivity contribution >= 4 is 6.08 Å². The zero-order chi connectivity index (χ0) is 12.7. The molecule has 0 saturated heterocycles. The molecular weight excluding hydrogens is 214 g/mol. The van der Waals surface area contributed by atoms with Crippen LogP contribution in [-0.2, 0) is 0 Å². The van der Waals surface area contributed by atoms with Gasteiger partial charge in [0.15, 0.2) is 11.5 Å². The fourth-order valence-electron chi connectivity index (χ4n) is 1.44. The number of nitrogens with zero attached hydrogens (tertiary/aromatic N) is 1. The molecular formula is C14H15NO2. The molecule has 0 amide bonds. The van der Waals surface area contributed by atoms with Crippen LogP contribution in [0.1, 0.15) is 12.0 Å². The van der Waals surface area contributed by atoms with Crippen molar-refractivity contribution in [3.63, 3.8) is 0 Å². The van der Waals surface area contributed by atoms with Crippen LogP contribution in [0.2, 0.25) is 0 Å². The Morgan fingerprint density at radius 2 is 2.06 bits per heavy atom. The molecule has 0 radical (unpaired) electrons. The van der Waals surface area contributed by atoms with E-state index in [-0.39, 0.29) is 0 Å². The molecule has 1 rings (SSSR count). The minimum absolute atomic E-state index is 0.560. The molecule has 0 fully saturated rings. The van der Waals surface area contributed by atoms with Gasteiger partial charge in [-0.15, -0.1) is 6.58 Å². The third-order valence-electron chi connectivity index (χ3n) is 2.26. The molecule has 0 aliphatic carbocycles. The summed E-state index contributed by atoms with van der Waals surface area (Å²) in [6.45, 7) is 3.61. The number of hydrogen-bond donors (Lipinski definition) is 0. The zero-order valence-electron chi connectivity index (χ0n) is 10.1. The number of allylic oxidation sites excluding steroid dienone is 2. The lowest BCUT2D eigenvalue weighted by atomic mass is 10.1. The standard InChI is InChI=1S/C14H15NO2/c1-4-5-12(10-15)8-11-6-7-13(16-2)14(9-11)17-3/h4,6-9H,1,5H2,2-3H3/b12-8-. The van der Waals surface area contributed by atoms with Crippen molar-refractivity contribution < 1.29 is 9.47 Å².